The van der Waals surface area contributed by atoms with Gasteiger partial charge in [-0.15, -0.1) is 0 Å². The van der Waals surface area contributed by atoms with Crippen LogP contribution in [0, 0.1) is 10.1 Å². The summed E-state index contributed by atoms with van der Waals surface area (Å²) in [7, 11) is 0. The van der Waals surface area contributed by atoms with Gasteiger partial charge in [0.15, 0.2) is 0 Å². The van der Waals surface area contributed by atoms with Crippen LogP contribution in [0.1, 0.15) is 18.4 Å². The van der Waals surface area contributed by atoms with E-state index in [-0.39, 0.29) is 11.8 Å². The zero-order valence-electron chi connectivity index (χ0n) is 8.09. The summed E-state index contributed by atoms with van der Waals surface area (Å²) < 4.78 is 0. The number of rotatable bonds is 2. The zero-order chi connectivity index (χ0) is 11.1. The van der Waals surface area contributed by atoms with E-state index in [2.05, 4.69) is 0 Å². The average Bonchev–Trinajstić information content (AvgIpc) is 2.16. The van der Waals surface area contributed by atoms with Crippen molar-refractivity contribution in [3.8, 4) is 0 Å². The minimum absolute atomic E-state index is 0.0405. The summed E-state index contributed by atoms with van der Waals surface area (Å²) in [5.74, 6) is 0. The molecule has 15 heavy (non-hydrogen) atoms. The lowest BCUT2D eigenvalue weighted by Gasteiger charge is -2.42. The molecule has 1 saturated carbocycles. The molecule has 1 fully saturated rings. The molecule has 5 heteroatoms. The lowest BCUT2D eigenvalue weighted by molar-refractivity contribution is -0.385. The van der Waals surface area contributed by atoms with Crippen molar-refractivity contribution in [1.82, 2.24) is 0 Å². The molecule has 0 atom stereocenters. The molecule has 1 aliphatic carbocycles. The normalized spacial score (nSPS) is 29.6. The molecule has 0 saturated heterocycles. The molecule has 0 amide bonds. The number of nitro benzene ring substituents is 1. The second kappa shape index (κ2) is 3.29. The van der Waals surface area contributed by atoms with Crippen molar-refractivity contribution in [2.24, 2.45) is 5.73 Å². The molecule has 3 N–H and O–H groups in total. The summed E-state index contributed by atoms with van der Waals surface area (Å²) in [5.41, 5.74) is 6.17. The minimum atomic E-state index is -0.592. The van der Waals surface area contributed by atoms with Gasteiger partial charge in [-0.2, -0.15) is 0 Å². The maximum Gasteiger partial charge on any atom is 0.269 e. The van der Waals surface area contributed by atoms with Gasteiger partial charge >= 0.3 is 0 Å². The largest absolute Gasteiger partial charge is 0.393 e. The van der Waals surface area contributed by atoms with Gasteiger partial charge in [-0.05, 0) is 18.4 Å². The molecule has 0 radical (unpaired) electrons. The molecule has 0 heterocycles. The molecule has 1 aromatic rings. The van der Waals surface area contributed by atoms with E-state index in [4.69, 9.17) is 5.73 Å². The first kappa shape index (κ1) is 10.1. The maximum atomic E-state index is 10.6. The van der Waals surface area contributed by atoms with E-state index in [9.17, 15) is 15.2 Å². The van der Waals surface area contributed by atoms with E-state index >= 15 is 0 Å². The van der Waals surface area contributed by atoms with Crippen molar-refractivity contribution >= 4 is 5.69 Å². The van der Waals surface area contributed by atoms with Gasteiger partial charge in [-0.3, -0.25) is 10.1 Å². The Hall–Kier alpha value is -1.46. The number of nitrogens with zero attached hydrogens (tertiary/aromatic N) is 1. The highest BCUT2D eigenvalue weighted by atomic mass is 16.6. The average molecular weight is 208 g/mol. The van der Waals surface area contributed by atoms with E-state index in [1.807, 2.05) is 0 Å². The predicted octanol–water partition coefficient (Wildman–Crippen LogP) is 0.903. The van der Waals surface area contributed by atoms with Gasteiger partial charge in [-0.1, -0.05) is 12.1 Å². The van der Waals surface area contributed by atoms with Gasteiger partial charge < -0.3 is 10.8 Å². The Balaban J connectivity index is 2.29. The first-order valence-corrected chi connectivity index (χ1v) is 4.73. The smallest absolute Gasteiger partial charge is 0.269 e. The van der Waals surface area contributed by atoms with Crippen LogP contribution in [0.5, 0.6) is 0 Å². The van der Waals surface area contributed by atoms with Crippen LogP contribution in [0.2, 0.25) is 0 Å². The fraction of sp³-hybridized carbons (Fsp3) is 0.400. The third kappa shape index (κ3) is 1.71. The number of nitro groups is 1. The highest BCUT2D eigenvalue weighted by Crippen LogP contribution is 2.39. The Labute approximate surface area is 86.7 Å². The Morgan fingerprint density at radius 2 is 2.20 bits per heavy atom. The predicted molar refractivity (Wildman–Crippen MR) is 54.2 cm³/mol. The molecule has 0 spiro atoms. The summed E-state index contributed by atoms with van der Waals surface area (Å²) in [5, 5.41) is 19.8. The van der Waals surface area contributed by atoms with E-state index < -0.39 is 10.5 Å². The summed E-state index contributed by atoms with van der Waals surface area (Å²) >= 11 is 0. The lowest BCUT2D eigenvalue weighted by Crippen LogP contribution is -2.51. The molecule has 5 nitrogen and oxygen atoms in total. The van der Waals surface area contributed by atoms with Gasteiger partial charge in [0.1, 0.15) is 0 Å². The minimum Gasteiger partial charge on any atom is -0.393 e. The number of nitrogens with two attached hydrogens (primary N) is 1. The van der Waals surface area contributed by atoms with Crippen molar-refractivity contribution in [2.45, 2.75) is 24.5 Å². The van der Waals surface area contributed by atoms with Crippen LogP contribution < -0.4 is 5.73 Å². The Morgan fingerprint density at radius 1 is 1.53 bits per heavy atom. The fourth-order valence-corrected chi connectivity index (χ4v) is 1.95. The number of aliphatic hydroxyl groups is 1. The molecule has 1 aromatic carbocycles. The van der Waals surface area contributed by atoms with E-state index in [1.165, 1.54) is 12.1 Å². The van der Waals surface area contributed by atoms with Crippen molar-refractivity contribution in [2.75, 3.05) is 0 Å². The number of hydrogen-bond acceptors (Lipinski definition) is 4. The molecule has 0 bridgehead atoms. The van der Waals surface area contributed by atoms with E-state index in [1.54, 1.807) is 12.1 Å². The highest BCUT2D eigenvalue weighted by Gasteiger charge is 2.41. The van der Waals surface area contributed by atoms with Crippen LogP contribution in [-0.4, -0.2) is 16.1 Å². The molecule has 1 aliphatic rings. The second-order valence-electron chi connectivity index (χ2n) is 4.03. The van der Waals surface area contributed by atoms with E-state index in [0.717, 1.165) is 5.56 Å². The lowest BCUT2D eigenvalue weighted by atomic mass is 9.70. The van der Waals surface area contributed by atoms with Crippen molar-refractivity contribution in [3.63, 3.8) is 0 Å². The van der Waals surface area contributed by atoms with Crippen LogP contribution in [-0.2, 0) is 5.54 Å². The van der Waals surface area contributed by atoms with Gasteiger partial charge in [0.2, 0.25) is 0 Å². The Bertz CT molecular complexity index is 399. The van der Waals surface area contributed by atoms with Crippen LogP contribution >= 0.6 is 0 Å². The number of hydrogen-bond donors (Lipinski definition) is 2. The number of non-ortho nitro benzene ring substituents is 1. The summed E-state index contributed by atoms with van der Waals surface area (Å²) in [6, 6.07) is 6.29. The molecular weight excluding hydrogens is 196 g/mol. The molecule has 0 aromatic heterocycles. The number of benzene rings is 1. The molecular formula is C10H12N2O3. The fourth-order valence-electron chi connectivity index (χ4n) is 1.95. The Morgan fingerprint density at radius 3 is 2.73 bits per heavy atom. The maximum absolute atomic E-state index is 10.6. The van der Waals surface area contributed by atoms with Crippen LogP contribution in [0.3, 0.4) is 0 Å². The summed E-state index contributed by atoms with van der Waals surface area (Å²) in [6.45, 7) is 0. The Kier molecular flexibility index (Phi) is 2.21. The monoisotopic (exact) mass is 208 g/mol. The quantitative estimate of drug-likeness (QED) is 0.558. The standard InChI is InChI=1S/C10H12N2O3/c11-10(5-9(13)6-10)7-2-1-3-8(4-7)12(14)15/h1-4,9,13H,5-6,11H2. The van der Waals surface area contributed by atoms with Gasteiger partial charge in [0.05, 0.1) is 11.0 Å². The zero-order valence-corrected chi connectivity index (χ0v) is 8.09. The molecule has 0 unspecified atom stereocenters. The van der Waals surface area contributed by atoms with Gasteiger partial charge in [0, 0.05) is 17.7 Å². The van der Waals surface area contributed by atoms with Gasteiger partial charge in [-0.25, -0.2) is 0 Å². The topological polar surface area (TPSA) is 89.4 Å². The van der Waals surface area contributed by atoms with E-state index in [0.29, 0.717) is 12.8 Å². The highest BCUT2D eigenvalue weighted by molar-refractivity contribution is 5.39. The summed E-state index contributed by atoms with van der Waals surface area (Å²) in [4.78, 5) is 10.1. The second-order valence-corrected chi connectivity index (χ2v) is 4.03. The van der Waals surface area contributed by atoms with Crippen LogP contribution in [0.15, 0.2) is 24.3 Å². The van der Waals surface area contributed by atoms with Crippen molar-refractivity contribution < 1.29 is 10.0 Å². The SMILES string of the molecule is NC1(c2cccc([N+](=O)[O-])c2)CC(O)C1. The van der Waals surface area contributed by atoms with Crippen LogP contribution in [0.4, 0.5) is 5.69 Å². The molecule has 80 valence electrons. The first-order valence-electron chi connectivity index (χ1n) is 4.73. The third-order valence-corrected chi connectivity index (χ3v) is 2.83. The molecule has 0 aliphatic heterocycles. The van der Waals surface area contributed by atoms with Gasteiger partial charge in [0.25, 0.3) is 5.69 Å². The number of aliphatic hydroxyl groups excluding tert-OH is 1. The van der Waals surface area contributed by atoms with Crippen molar-refractivity contribution in [1.29, 1.82) is 0 Å². The van der Waals surface area contributed by atoms with Crippen LogP contribution in [0.25, 0.3) is 0 Å². The molecule has 2 rings (SSSR count). The van der Waals surface area contributed by atoms with Crippen molar-refractivity contribution in [3.05, 3.63) is 39.9 Å². The summed E-state index contributed by atoms with van der Waals surface area (Å²) in [6.07, 6.45) is 0.553. The first-order chi connectivity index (χ1) is 7.01. The third-order valence-electron chi connectivity index (χ3n) is 2.83.